The molecule has 1 unspecified atom stereocenters. The molecule has 0 bridgehead atoms. The first kappa shape index (κ1) is 9.27. The average molecular weight is 163 g/mol. The molecule has 0 aromatic carbocycles. The second-order valence-corrected chi connectivity index (χ2v) is 3.01. The maximum atomic E-state index is 3.40. The van der Waals surface area contributed by atoms with Crippen molar-refractivity contribution in [3.8, 4) is 0 Å². The van der Waals surface area contributed by atoms with E-state index in [1.54, 1.807) is 0 Å². The molecule has 0 heterocycles. The van der Waals surface area contributed by atoms with E-state index in [0.717, 1.165) is 13.0 Å². The van der Waals surface area contributed by atoms with Crippen LogP contribution < -0.4 is 5.32 Å². The molecule has 1 aliphatic carbocycles. The molecule has 0 aliphatic heterocycles. The summed E-state index contributed by atoms with van der Waals surface area (Å²) in [7, 11) is 0. The lowest BCUT2D eigenvalue weighted by molar-refractivity contribution is 0.642. The highest BCUT2D eigenvalue weighted by Crippen LogP contribution is 2.09. The van der Waals surface area contributed by atoms with E-state index in [4.69, 9.17) is 0 Å². The van der Waals surface area contributed by atoms with Crippen molar-refractivity contribution >= 4 is 0 Å². The van der Waals surface area contributed by atoms with Crippen LogP contribution in [-0.2, 0) is 0 Å². The van der Waals surface area contributed by atoms with Gasteiger partial charge in [0.1, 0.15) is 0 Å². The minimum Gasteiger partial charge on any atom is -0.310 e. The Kier molecular flexibility index (Phi) is 3.81. The van der Waals surface area contributed by atoms with Gasteiger partial charge >= 0.3 is 0 Å². The number of hydrogen-bond acceptors (Lipinski definition) is 1. The first-order chi connectivity index (χ1) is 5.84. The SMILES string of the molecule is CCNC(C)C1=CCC=CC=C1. The molecule has 0 saturated heterocycles. The van der Waals surface area contributed by atoms with E-state index in [2.05, 4.69) is 49.5 Å². The zero-order valence-corrected chi connectivity index (χ0v) is 7.88. The molecule has 0 radical (unpaired) electrons. The molecule has 66 valence electrons. The van der Waals surface area contributed by atoms with Crippen molar-refractivity contribution in [2.75, 3.05) is 6.54 Å². The normalized spacial score (nSPS) is 18.7. The van der Waals surface area contributed by atoms with Gasteiger partial charge in [-0.3, -0.25) is 0 Å². The molecule has 1 nitrogen and oxygen atoms in total. The molecule has 0 aromatic heterocycles. The Morgan fingerprint density at radius 3 is 3.08 bits per heavy atom. The van der Waals surface area contributed by atoms with E-state index < -0.39 is 0 Å². The van der Waals surface area contributed by atoms with Crippen LogP contribution in [0.2, 0.25) is 0 Å². The molecule has 12 heavy (non-hydrogen) atoms. The lowest BCUT2D eigenvalue weighted by Gasteiger charge is -2.12. The van der Waals surface area contributed by atoms with E-state index in [9.17, 15) is 0 Å². The lowest BCUT2D eigenvalue weighted by atomic mass is 10.1. The minimum atomic E-state index is 0.478. The number of likely N-dealkylation sites (N-methyl/N-ethyl adjacent to an activating group) is 1. The van der Waals surface area contributed by atoms with Crippen molar-refractivity contribution in [2.24, 2.45) is 0 Å². The van der Waals surface area contributed by atoms with Crippen LogP contribution in [0, 0.1) is 0 Å². The number of rotatable bonds is 3. The van der Waals surface area contributed by atoms with Gasteiger partial charge < -0.3 is 5.32 Å². The van der Waals surface area contributed by atoms with E-state index in [-0.39, 0.29) is 0 Å². The molecule has 0 aromatic rings. The quantitative estimate of drug-likeness (QED) is 0.673. The molecule has 0 fully saturated rings. The summed E-state index contributed by atoms with van der Waals surface area (Å²) in [6.07, 6.45) is 11.9. The number of hydrogen-bond donors (Lipinski definition) is 1. The molecule has 1 aliphatic rings. The van der Waals surface area contributed by atoms with Gasteiger partial charge in [0.05, 0.1) is 0 Å². The van der Waals surface area contributed by atoms with Crippen molar-refractivity contribution in [1.29, 1.82) is 0 Å². The Morgan fingerprint density at radius 1 is 1.50 bits per heavy atom. The summed E-state index contributed by atoms with van der Waals surface area (Å²) >= 11 is 0. The summed E-state index contributed by atoms with van der Waals surface area (Å²) in [6, 6.07) is 0.478. The van der Waals surface area contributed by atoms with Crippen molar-refractivity contribution in [2.45, 2.75) is 26.3 Å². The maximum absolute atomic E-state index is 3.40. The van der Waals surface area contributed by atoms with Crippen LogP contribution in [0.4, 0.5) is 0 Å². The van der Waals surface area contributed by atoms with Gasteiger partial charge in [-0.15, -0.1) is 0 Å². The summed E-state index contributed by atoms with van der Waals surface area (Å²) in [5.74, 6) is 0. The Labute approximate surface area is 74.9 Å². The Morgan fingerprint density at radius 2 is 2.33 bits per heavy atom. The summed E-state index contributed by atoms with van der Waals surface area (Å²) in [5, 5.41) is 3.40. The van der Waals surface area contributed by atoms with Crippen LogP contribution in [0.25, 0.3) is 0 Å². The second kappa shape index (κ2) is 4.94. The van der Waals surface area contributed by atoms with E-state index in [1.807, 2.05) is 0 Å². The van der Waals surface area contributed by atoms with E-state index >= 15 is 0 Å². The smallest absolute Gasteiger partial charge is 0.0288 e. The highest BCUT2D eigenvalue weighted by atomic mass is 14.9. The third-order valence-corrected chi connectivity index (χ3v) is 2.04. The monoisotopic (exact) mass is 163 g/mol. The number of nitrogens with one attached hydrogen (secondary N) is 1. The zero-order chi connectivity index (χ0) is 8.81. The maximum Gasteiger partial charge on any atom is 0.0288 e. The summed E-state index contributed by atoms with van der Waals surface area (Å²) in [5.41, 5.74) is 1.39. The summed E-state index contributed by atoms with van der Waals surface area (Å²) in [6.45, 7) is 5.36. The summed E-state index contributed by atoms with van der Waals surface area (Å²) < 4.78 is 0. The Hall–Kier alpha value is -0.820. The fraction of sp³-hybridized carbons (Fsp3) is 0.455. The predicted molar refractivity (Wildman–Crippen MR) is 54.1 cm³/mol. The standard InChI is InChI=1S/C11H17N/c1-3-12-10(2)11-8-6-4-5-7-9-11/h4-6,8-10,12H,3,7H2,1-2H3. The van der Waals surface area contributed by atoms with E-state index in [1.165, 1.54) is 5.57 Å². The third kappa shape index (κ3) is 2.67. The molecule has 0 spiro atoms. The zero-order valence-electron chi connectivity index (χ0n) is 7.88. The fourth-order valence-electron chi connectivity index (χ4n) is 1.34. The second-order valence-electron chi connectivity index (χ2n) is 3.01. The highest BCUT2D eigenvalue weighted by Gasteiger charge is 2.03. The molecule has 0 saturated carbocycles. The fourth-order valence-corrected chi connectivity index (χ4v) is 1.34. The molecule has 1 N–H and O–H groups in total. The highest BCUT2D eigenvalue weighted by molar-refractivity contribution is 5.29. The summed E-state index contributed by atoms with van der Waals surface area (Å²) in [4.78, 5) is 0. The van der Waals surface area contributed by atoms with Crippen LogP contribution in [0.1, 0.15) is 20.3 Å². The lowest BCUT2D eigenvalue weighted by Crippen LogP contribution is -2.26. The Bertz CT molecular complexity index is 211. The topological polar surface area (TPSA) is 12.0 Å². The largest absolute Gasteiger partial charge is 0.310 e. The number of allylic oxidation sites excluding steroid dienone is 4. The van der Waals surface area contributed by atoms with Crippen LogP contribution in [0.5, 0.6) is 0 Å². The molecule has 1 atom stereocenters. The van der Waals surface area contributed by atoms with Crippen molar-refractivity contribution < 1.29 is 0 Å². The van der Waals surface area contributed by atoms with Gasteiger partial charge in [-0.1, -0.05) is 37.3 Å². The van der Waals surface area contributed by atoms with Gasteiger partial charge in [-0.2, -0.15) is 0 Å². The van der Waals surface area contributed by atoms with Crippen LogP contribution >= 0.6 is 0 Å². The van der Waals surface area contributed by atoms with Gasteiger partial charge in [0, 0.05) is 6.04 Å². The van der Waals surface area contributed by atoms with Gasteiger partial charge in [0.25, 0.3) is 0 Å². The molecule has 0 amide bonds. The van der Waals surface area contributed by atoms with Gasteiger partial charge in [-0.05, 0) is 25.5 Å². The van der Waals surface area contributed by atoms with Gasteiger partial charge in [-0.25, -0.2) is 0 Å². The van der Waals surface area contributed by atoms with Crippen LogP contribution in [0.3, 0.4) is 0 Å². The molecular formula is C11H17N. The Balaban J connectivity index is 2.55. The molecular weight excluding hydrogens is 146 g/mol. The average Bonchev–Trinajstić information content (AvgIpc) is 2.32. The van der Waals surface area contributed by atoms with Gasteiger partial charge in [0.15, 0.2) is 0 Å². The minimum absolute atomic E-state index is 0.478. The first-order valence-corrected chi connectivity index (χ1v) is 4.61. The first-order valence-electron chi connectivity index (χ1n) is 4.61. The molecule has 1 heteroatoms. The van der Waals surface area contributed by atoms with Crippen molar-refractivity contribution in [3.05, 3.63) is 36.0 Å². The van der Waals surface area contributed by atoms with Crippen LogP contribution in [0.15, 0.2) is 36.0 Å². The van der Waals surface area contributed by atoms with Crippen molar-refractivity contribution in [1.82, 2.24) is 5.32 Å². The van der Waals surface area contributed by atoms with Crippen molar-refractivity contribution in [3.63, 3.8) is 0 Å². The predicted octanol–water partition coefficient (Wildman–Crippen LogP) is 2.43. The molecule has 1 rings (SSSR count). The van der Waals surface area contributed by atoms with Crippen LogP contribution in [-0.4, -0.2) is 12.6 Å². The van der Waals surface area contributed by atoms with E-state index in [0.29, 0.717) is 6.04 Å². The van der Waals surface area contributed by atoms with Gasteiger partial charge in [0.2, 0.25) is 0 Å². The third-order valence-electron chi connectivity index (χ3n) is 2.04.